The van der Waals surface area contributed by atoms with Crippen molar-refractivity contribution < 1.29 is 18.0 Å². The average molecular weight is 286 g/mol. The zero-order chi connectivity index (χ0) is 14.7. The molecule has 0 radical (unpaired) electrons. The number of benzene rings is 1. The third-order valence-corrected chi connectivity index (χ3v) is 3.42. The van der Waals surface area contributed by atoms with Gasteiger partial charge in [-0.15, -0.1) is 0 Å². The van der Waals surface area contributed by atoms with E-state index in [-0.39, 0.29) is 6.04 Å². The molecule has 0 spiro atoms. The molecule has 1 aromatic carbocycles. The van der Waals surface area contributed by atoms with Gasteiger partial charge in [0.05, 0.1) is 0 Å². The van der Waals surface area contributed by atoms with E-state index in [1.54, 1.807) is 0 Å². The SMILES string of the molecule is CCNC1CCCN(C(=O)c2c(F)cc(F)cc2F)C1. The average Bonchev–Trinajstić information content (AvgIpc) is 2.38. The van der Waals surface area contributed by atoms with Gasteiger partial charge >= 0.3 is 0 Å². The molecule has 6 heteroatoms. The molecular weight excluding hydrogens is 269 g/mol. The van der Waals surface area contributed by atoms with Crippen LogP contribution in [0.5, 0.6) is 0 Å². The van der Waals surface area contributed by atoms with Crippen LogP contribution in [0.1, 0.15) is 30.1 Å². The first-order valence-electron chi connectivity index (χ1n) is 6.70. The first kappa shape index (κ1) is 14.8. The quantitative estimate of drug-likeness (QED) is 0.925. The summed E-state index contributed by atoms with van der Waals surface area (Å²) in [5.41, 5.74) is -0.677. The van der Waals surface area contributed by atoms with E-state index in [4.69, 9.17) is 0 Å². The van der Waals surface area contributed by atoms with Crippen molar-refractivity contribution in [2.45, 2.75) is 25.8 Å². The number of hydrogen-bond acceptors (Lipinski definition) is 2. The molecule has 1 aromatic rings. The van der Waals surface area contributed by atoms with E-state index in [1.165, 1.54) is 4.90 Å². The summed E-state index contributed by atoms with van der Waals surface area (Å²) in [4.78, 5) is 13.6. The second-order valence-electron chi connectivity index (χ2n) is 4.89. The number of likely N-dealkylation sites (N-methyl/N-ethyl adjacent to an activating group) is 1. The van der Waals surface area contributed by atoms with Crippen LogP contribution < -0.4 is 5.32 Å². The molecule has 20 heavy (non-hydrogen) atoms. The molecule has 2 rings (SSSR count). The third kappa shape index (κ3) is 3.12. The summed E-state index contributed by atoms with van der Waals surface area (Å²) < 4.78 is 40.1. The number of piperidine rings is 1. The first-order chi connectivity index (χ1) is 9.52. The van der Waals surface area contributed by atoms with Crippen molar-refractivity contribution in [3.63, 3.8) is 0 Å². The Bertz CT molecular complexity index is 482. The maximum Gasteiger partial charge on any atom is 0.259 e. The van der Waals surface area contributed by atoms with Gasteiger partial charge in [-0.3, -0.25) is 4.79 Å². The van der Waals surface area contributed by atoms with Crippen molar-refractivity contribution in [3.8, 4) is 0 Å². The number of halogens is 3. The van der Waals surface area contributed by atoms with E-state index in [9.17, 15) is 18.0 Å². The van der Waals surface area contributed by atoms with Crippen LogP contribution in [0.15, 0.2) is 12.1 Å². The minimum absolute atomic E-state index is 0.129. The lowest BCUT2D eigenvalue weighted by Gasteiger charge is -2.33. The zero-order valence-corrected chi connectivity index (χ0v) is 11.3. The van der Waals surface area contributed by atoms with E-state index in [0.717, 1.165) is 19.4 Å². The van der Waals surface area contributed by atoms with Gasteiger partial charge in [-0.05, 0) is 19.4 Å². The fraction of sp³-hybridized carbons (Fsp3) is 0.500. The molecule has 0 saturated carbocycles. The smallest absolute Gasteiger partial charge is 0.259 e. The molecule has 1 aliphatic heterocycles. The summed E-state index contributed by atoms with van der Waals surface area (Å²) >= 11 is 0. The first-order valence-corrected chi connectivity index (χ1v) is 6.70. The number of nitrogens with zero attached hydrogens (tertiary/aromatic N) is 1. The van der Waals surface area contributed by atoms with Gasteiger partial charge in [-0.1, -0.05) is 6.92 Å². The Morgan fingerprint density at radius 3 is 2.60 bits per heavy atom. The Morgan fingerprint density at radius 1 is 1.35 bits per heavy atom. The molecule has 1 heterocycles. The summed E-state index contributed by atoms with van der Waals surface area (Å²) in [6.07, 6.45) is 1.69. The van der Waals surface area contributed by atoms with Crippen molar-refractivity contribution in [1.29, 1.82) is 0 Å². The third-order valence-electron chi connectivity index (χ3n) is 3.42. The lowest BCUT2D eigenvalue weighted by molar-refractivity contribution is 0.0685. The van der Waals surface area contributed by atoms with Gasteiger partial charge in [0.15, 0.2) is 0 Å². The number of nitrogens with one attached hydrogen (secondary N) is 1. The van der Waals surface area contributed by atoms with Crippen LogP contribution >= 0.6 is 0 Å². The molecule has 1 atom stereocenters. The van der Waals surface area contributed by atoms with Gasteiger partial charge in [0.1, 0.15) is 23.0 Å². The van der Waals surface area contributed by atoms with Crippen LogP contribution in [-0.4, -0.2) is 36.5 Å². The van der Waals surface area contributed by atoms with Gasteiger partial charge in [0, 0.05) is 31.3 Å². The standard InChI is InChI=1S/C14H17F3N2O/c1-2-18-10-4-3-5-19(8-10)14(20)13-11(16)6-9(15)7-12(13)17/h6-7,10,18H,2-5,8H2,1H3. The van der Waals surface area contributed by atoms with Crippen LogP contribution in [0, 0.1) is 17.5 Å². The Hall–Kier alpha value is -1.56. The maximum atomic E-state index is 13.6. The number of likely N-dealkylation sites (tertiary alicyclic amines) is 1. The Balaban J connectivity index is 2.19. The van der Waals surface area contributed by atoms with Gasteiger partial charge in [0.2, 0.25) is 0 Å². The molecule has 1 fully saturated rings. The van der Waals surface area contributed by atoms with Crippen molar-refractivity contribution in [2.24, 2.45) is 0 Å². The zero-order valence-electron chi connectivity index (χ0n) is 11.3. The number of rotatable bonds is 3. The maximum absolute atomic E-state index is 13.6. The highest BCUT2D eigenvalue weighted by molar-refractivity contribution is 5.94. The summed E-state index contributed by atoms with van der Waals surface area (Å²) in [5.74, 6) is -4.06. The van der Waals surface area contributed by atoms with E-state index >= 15 is 0 Å². The summed E-state index contributed by atoms with van der Waals surface area (Å²) in [5, 5.41) is 3.22. The predicted octanol–water partition coefficient (Wildman–Crippen LogP) is 2.32. The molecule has 3 nitrogen and oxygen atoms in total. The van der Waals surface area contributed by atoms with Gasteiger partial charge in [-0.25, -0.2) is 13.2 Å². The normalized spacial score (nSPS) is 19.2. The van der Waals surface area contributed by atoms with Crippen molar-refractivity contribution in [3.05, 3.63) is 35.1 Å². The number of carbonyl (C=O) groups excluding carboxylic acids is 1. The second kappa shape index (κ2) is 6.26. The molecule has 1 unspecified atom stereocenters. The van der Waals surface area contributed by atoms with E-state index in [0.29, 0.717) is 25.2 Å². The predicted molar refractivity (Wildman–Crippen MR) is 68.9 cm³/mol. The fourth-order valence-electron chi connectivity index (χ4n) is 2.52. The Labute approximate surface area is 115 Å². The van der Waals surface area contributed by atoms with Crippen molar-refractivity contribution in [2.75, 3.05) is 19.6 Å². The van der Waals surface area contributed by atoms with Crippen LogP contribution in [0.4, 0.5) is 13.2 Å². The molecule has 0 bridgehead atoms. The molecule has 0 aliphatic carbocycles. The highest BCUT2D eigenvalue weighted by Crippen LogP contribution is 2.19. The van der Waals surface area contributed by atoms with Gasteiger partial charge < -0.3 is 10.2 Å². The molecule has 0 aromatic heterocycles. The number of hydrogen-bond donors (Lipinski definition) is 1. The lowest BCUT2D eigenvalue weighted by atomic mass is 10.0. The topological polar surface area (TPSA) is 32.3 Å². The lowest BCUT2D eigenvalue weighted by Crippen LogP contribution is -2.48. The largest absolute Gasteiger partial charge is 0.337 e. The Morgan fingerprint density at radius 2 is 2.00 bits per heavy atom. The molecule has 1 N–H and O–H groups in total. The molecule has 110 valence electrons. The van der Waals surface area contributed by atoms with E-state index in [2.05, 4.69) is 5.32 Å². The van der Waals surface area contributed by atoms with Gasteiger partial charge in [0.25, 0.3) is 5.91 Å². The summed E-state index contributed by atoms with van der Waals surface area (Å²) in [7, 11) is 0. The van der Waals surface area contributed by atoms with Crippen molar-refractivity contribution in [1.82, 2.24) is 10.2 Å². The molecule has 1 aliphatic rings. The number of carbonyl (C=O) groups is 1. The van der Waals surface area contributed by atoms with Crippen LogP contribution in [0.3, 0.4) is 0 Å². The summed E-state index contributed by atoms with van der Waals surface area (Å²) in [6, 6.07) is 1.19. The fourth-order valence-corrected chi connectivity index (χ4v) is 2.52. The summed E-state index contributed by atoms with van der Waals surface area (Å²) in [6.45, 7) is 3.59. The molecule has 1 saturated heterocycles. The van der Waals surface area contributed by atoms with Crippen LogP contribution in [0.25, 0.3) is 0 Å². The number of amides is 1. The minimum atomic E-state index is -1.15. The van der Waals surface area contributed by atoms with Gasteiger partial charge in [-0.2, -0.15) is 0 Å². The highest BCUT2D eigenvalue weighted by atomic mass is 19.1. The second-order valence-corrected chi connectivity index (χ2v) is 4.89. The highest BCUT2D eigenvalue weighted by Gasteiger charge is 2.28. The molecule has 1 amide bonds. The van der Waals surface area contributed by atoms with Crippen molar-refractivity contribution >= 4 is 5.91 Å². The monoisotopic (exact) mass is 286 g/mol. The van der Waals surface area contributed by atoms with E-state index in [1.807, 2.05) is 6.92 Å². The molecular formula is C14H17F3N2O. The van der Waals surface area contributed by atoms with E-state index < -0.39 is 28.9 Å². The minimum Gasteiger partial charge on any atom is -0.337 e. The Kier molecular flexibility index (Phi) is 4.65. The van der Waals surface area contributed by atoms with Crippen LogP contribution in [0.2, 0.25) is 0 Å². The van der Waals surface area contributed by atoms with Crippen LogP contribution in [-0.2, 0) is 0 Å².